The normalized spacial score (nSPS) is 11.4. The molecule has 88 valence electrons. The molecule has 0 saturated heterocycles. The quantitative estimate of drug-likeness (QED) is 0.822. The van der Waals surface area contributed by atoms with E-state index in [9.17, 15) is 18.3 Å². The number of hydrogen-bond acceptors (Lipinski definition) is 4. The Bertz CT molecular complexity index is 510. The first kappa shape index (κ1) is 13.3. The Morgan fingerprint density at radius 1 is 1.31 bits per heavy atom. The molecule has 1 rings (SSSR count). The highest BCUT2D eigenvalue weighted by molar-refractivity contribution is 7.91. The molecule has 16 heavy (non-hydrogen) atoms. The summed E-state index contributed by atoms with van der Waals surface area (Å²) in [5.74, 6) is -1.99. The van der Waals surface area contributed by atoms with Crippen LogP contribution < -0.4 is 5.11 Å². The fourth-order valence-electron chi connectivity index (χ4n) is 1.04. The van der Waals surface area contributed by atoms with E-state index in [1.165, 1.54) is 18.2 Å². The van der Waals surface area contributed by atoms with Crippen molar-refractivity contribution in [2.24, 2.45) is 0 Å². The lowest BCUT2D eigenvalue weighted by Gasteiger charge is -2.07. The van der Waals surface area contributed by atoms with Crippen LogP contribution in [0, 0.1) is 0 Å². The van der Waals surface area contributed by atoms with Gasteiger partial charge in [0, 0.05) is 17.4 Å². The molecule has 1 aromatic rings. The van der Waals surface area contributed by atoms with Gasteiger partial charge in [-0.05, 0) is 18.2 Å². The average Bonchev–Trinajstić information content (AvgIpc) is 2.19. The van der Waals surface area contributed by atoms with Crippen molar-refractivity contribution >= 4 is 39.0 Å². The number of rotatable bonds is 4. The Hall–Kier alpha value is -0.780. The summed E-state index contributed by atoms with van der Waals surface area (Å²) in [4.78, 5) is 10.0. The number of halogens is 2. The number of benzene rings is 1. The fraction of sp³-hybridized carbons (Fsp3) is 0.222. The van der Waals surface area contributed by atoms with Gasteiger partial charge in [0.05, 0.1) is 15.7 Å². The minimum atomic E-state index is -3.75. The topological polar surface area (TPSA) is 74.3 Å². The van der Waals surface area contributed by atoms with E-state index in [1.807, 2.05) is 0 Å². The van der Waals surface area contributed by atoms with Gasteiger partial charge in [0.1, 0.15) is 0 Å². The second-order valence-electron chi connectivity index (χ2n) is 3.02. The highest BCUT2D eigenvalue weighted by Gasteiger charge is 2.18. The Morgan fingerprint density at radius 3 is 2.50 bits per heavy atom. The molecule has 0 N–H and O–H groups in total. The van der Waals surface area contributed by atoms with E-state index in [-0.39, 0.29) is 14.9 Å². The third-order valence-corrected chi connectivity index (χ3v) is 4.23. The van der Waals surface area contributed by atoms with Crippen LogP contribution in [-0.2, 0) is 14.6 Å². The van der Waals surface area contributed by atoms with E-state index in [1.54, 1.807) is 0 Å². The molecule has 0 spiro atoms. The lowest BCUT2D eigenvalue weighted by molar-refractivity contribution is -0.305. The van der Waals surface area contributed by atoms with Crippen LogP contribution in [0.2, 0.25) is 10.0 Å². The lowest BCUT2D eigenvalue weighted by Crippen LogP contribution is -2.25. The van der Waals surface area contributed by atoms with Gasteiger partial charge in [-0.25, -0.2) is 8.42 Å². The largest absolute Gasteiger partial charge is 0.550 e. The van der Waals surface area contributed by atoms with Gasteiger partial charge in [-0.2, -0.15) is 0 Å². The van der Waals surface area contributed by atoms with Gasteiger partial charge in [0.25, 0.3) is 0 Å². The summed E-state index contributed by atoms with van der Waals surface area (Å²) in [5.41, 5.74) is 0. The van der Waals surface area contributed by atoms with Gasteiger partial charge in [-0.1, -0.05) is 23.2 Å². The zero-order chi connectivity index (χ0) is 12.3. The molecule has 0 aliphatic heterocycles. The van der Waals surface area contributed by atoms with Crippen molar-refractivity contribution in [3.05, 3.63) is 28.2 Å². The van der Waals surface area contributed by atoms with Gasteiger partial charge in [-0.3, -0.25) is 0 Å². The summed E-state index contributed by atoms with van der Waals surface area (Å²) < 4.78 is 23.4. The smallest absolute Gasteiger partial charge is 0.180 e. The number of hydrogen-bond donors (Lipinski definition) is 0. The van der Waals surface area contributed by atoms with Gasteiger partial charge in [-0.15, -0.1) is 0 Å². The van der Waals surface area contributed by atoms with Crippen molar-refractivity contribution in [3.63, 3.8) is 0 Å². The SMILES string of the molecule is O=C([O-])CCS(=O)(=O)c1cc(Cl)ccc1Cl. The molecule has 0 aliphatic carbocycles. The molecular weight excluding hydrogens is 275 g/mol. The molecule has 0 aromatic heterocycles. The van der Waals surface area contributed by atoms with Gasteiger partial charge >= 0.3 is 0 Å². The van der Waals surface area contributed by atoms with E-state index in [0.29, 0.717) is 0 Å². The fourth-order valence-corrected chi connectivity index (χ4v) is 3.08. The van der Waals surface area contributed by atoms with Crippen LogP contribution in [0.25, 0.3) is 0 Å². The first-order valence-electron chi connectivity index (χ1n) is 4.20. The van der Waals surface area contributed by atoms with Gasteiger partial charge < -0.3 is 9.90 Å². The number of sulfone groups is 1. The second kappa shape index (κ2) is 5.03. The summed E-state index contributed by atoms with van der Waals surface area (Å²) >= 11 is 11.3. The summed E-state index contributed by atoms with van der Waals surface area (Å²) in [6.07, 6.45) is -0.578. The maximum absolute atomic E-state index is 11.7. The molecule has 0 fully saturated rings. The van der Waals surface area contributed by atoms with Crippen LogP contribution >= 0.6 is 23.2 Å². The molecule has 4 nitrogen and oxygen atoms in total. The maximum atomic E-state index is 11.7. The van der Waals surface area contributed by atoms with E-state index in [4.69, 9.17) is 23.2 Å². The molecular formula is C9H7Cl2O4S-. The number of carbonyl (C=O) groups is 1. The van der Waals surface area contributed by atoms with Crippen molar-refractivity contribution in [1.82, 2.24) is 0 Å². The van der Waals surface area contributed by atoms with Crippen LogP contribution in [0.4, 0.5) is 0 Å². The predicted molar refractivity (Wildman–Crippen MR) is 58.1 cm³/mol. The van der Waals surface area contributed by atoms with Crippen molar-refractivity contribution in [2.75, 3.05) is 5.75 Å². The standard InChI is InChI=1S/C9H8Cl2O4S/c10-6-1-2-7(11)8(5-6)16(14,15)4-3-9(12)13/h1-2,5H,3-4H2,(H,12,13)/p-1. The van der Waals surface area contributed by atoms with Crippen LogP contribution in [0.3, 0.4) is 0 Å². The number of carboxylic acids is 1. The van der Waals surface area contributed by atoms with Crippen molar-refractivity contribution in [2.45, 2.75) is 11.3 Å². The summed E-state index contributed by atoms with van der Waals surface area (Å²) in [6.45, 7) is 0. The first-order valence-corrected chi connectivity index (χ1v) is 6.61. The Kier molecular flexibility index (Phi) is 4.18. The molecule has 0 unspecified atom stereocenters. The third kappa shape index (κ3) is 3.37. The third-order valence-electron chi connectivity index (χ3n) is 1.80. The van der Waals surface area contributed by atoms with E-state index in [0.717, 1.165) is 0 Å². The average molecular weight is 282 g/mol. The first-order chi connectivity index (χ1) is 7.33. The highest BCUT2D eigenvalue weighted by atomic mass is 35.5. The number of carbonyl (C=O) groups excluding carboxylic acids is 1. The number of carboxylic acid groups (broad SMARTS) is 1. The van der Waals surface area contributed by atoms with E-state index in [2.05, 4.69) is 0 Å². The van der Waals surface area contributed by atoms with Gasteiger partial charge in [0.15, 0.2) is 9.84 Å². The molecule has 7 heteroatoms. The molecule has 0 radical (unpaired) electrons. The molecule has 0 bridgehead atoms. The van der Waals surface area contributed by atoms with Crippen LogP contribution in [0.15, 0.2) is 23.1 Å². The monoisotopic (exact) mass is 281 g/mol. The molecule has 0 atom stereocenters. The zero-order valence-electron chi connectivity index (χ0n) is 7.94. The molecule has 0 aliphatic rings. The maximum Gasteiger partial charge on any atom is 0.180 e. The summed E-state index contributed by atoms with van der Waals surface area (Å²) in [7, 11) is -3.75. The highest BCUT2D eigenvalue weighted by Crippen LogP contribution is 2.26. The lowest BCUT2D eigenvalue weighted by atomic mass is 10.4. The summed E-state index contributed by atoms with van der Waals surface area (Å²) in [5, 5.41) is 10.4. The van der Waals surface area contributed by atoms with Crippen LogP contribution in [0.1, 0.15) is 6.42 Å². The molecule has 0 amide bonds. The molecule has 0 heterocycles. The van der Waals surface area contributed by atoms with Crippen molar-refractivity contribution < 1.29 is 18.3 Å². The molecule has 1 aromatic carbocycles. The van der Waals surface area contributed by atoms with Crippen LogP contribution in [0.5, 0.6) is 0 Å². The van der Waals surface area contributed by atoms with E-state index < -0.39 is 28.0 Å². The Labute approximate surface area is 103 Å². The van der Waals surface area contributed by atoms with E-state index >= 15 is 0 Å². The Balaban J connectivity index is 3.07. The minimum Gasteiger partial charge on any atom is -0.550 e. The zero-order valence-corrected chi connectivity index (χ0v) is 10.3. The second-order valence-corrected chi connectivity index (χ2v) is 5.94. The minimum absolute atomic E-state index is 0.0164. The van der Waals surface area contributed by atoms with Crippen molar-refractivity contribution in [3.8, 4) is 0 Å². The number of aliphatic carboxylic acids is 1. The summed E-state index contributed by atoms with van der Waals surface area (Å²) in [6, 6.07) is 3.98. The molecule has 0 saturated carbocycles. The Morgan fingerprint density at radius 2 is 1.94 bits per heavy atom. The van der Waals surface area contributed by atoms with Crippen molar-refractivity contribution in [1.29, 1.82) is 0 Å². The predicted octanol–water partition coefficient (Wildman–Crippen LogP) is 0.907. The van der Waals surface area contributed by atoms with Crippen LogP contribution in [-0.4, -0.2) is 20.1 Å². The van der Waals surface area contributed by atoms with Gasteiger partial charge in [0.2, 0.25) is 0 Å².